The average molecular weight is 435 g/mol. The number of amides is 2. The molecule has 1 unspecified atom stereocenters. The number of likely N-dealkylation sites (tertiary alicyclic amines) is 1. The first-order chi connectivity index (χ1) is 15.5. The van der Waals surface area contributed by atoms with E-state index in [-0.39, 0.29) is 11.8 Å². The van der Waals surface area contributed by atoms with Crippen molar-refractivity contribution in [2.75, 3.05) is 32.2 Å². The fraction of sp³-hybridized carbons (Fsp3) is 0.385. The summed E-state index contributed by atoms with van der Waals surface area (Å²) in [6.07, 6.45) is 3.02. The van der Waals surface area contributed by atoms with Crippen molar-refractivity contribution in [1.82, 2.24) is 4.90 Å². The Hall–Kier alpha value is -3.28. The molecule has 2 aliphatic heterocycles. The summed E-state index contributed by atoms with van der Waals surface area (Å²) in [7, 11) is 3.13. The van der Waals surface area contributed by atoms with Gasteiger partial charge in [0.25, 0.3) is 11.8 Å². The van der Waals surface area contributed by atoms with Crippen LogP contribution in [0.1, 0.15) is 37.8 Å². The molecule has 0 saturated carbocycles. The van der Waals surface area contributed by atoms with E-state index in [4.69, 9.17) is 9.47 Å². The molecule has 2 amide bonds. The highest BCUT2D eigenvalue weighted by atomic mass is 16.5. The number of anilines is 1. The van der Waals surface area contributed by atoms with E-state index in [2.05, 4.69) is 18.7 Å². The van der Waals surface area contributed by atoms with Crippen LogP contribution in [0.4, 0.5) is 5.69 Å². The quantitative estimate of drug-likeness (QED) is 0.635. The fourth-order valence-corrected chi connectivity index (χ4v) is 4.57. The predicted octanol–water partition coefficient (Wildman–Crippen LogP) is 4.28. The zero-order valence-electron chi connectivity index (χ0n) is 19.2. The molecule has 2 aromatic rings. The maximum atomic E-state index is 13.7. The standard InChI is InChI=1S/C26H30N2O4/c1-5-18-8-11-20(12-9-18)28-25(29)23(19-10-13-21(31-3)22(15-19)32-4)24(26(28)30)27-14-6-7-17(2)16-27/h8-13,15,17H,5-7,14,16H2,1-4H3. The number of rotatable bonds is 6. The molecule has 32 heavy (non-hydrogen) atoms. The van der Waals surface area contributed by atoms with Gasteiger partial charge in [0.1, 0.15) is 5.70 Å². The number of ether oxygens (including phenoxy) is 2. The summed E-state index contributed by atoms with van der Waals surface area (Å²) in [5.41, 5.74) is 3.31. The number of hydrogen-bond donors (Lipinski definition) is 0. The number of benzene rings is 2. The summed E-state index contributed by atoms with van der Waals surface area (Å²) in [5.74, 6) is 0.991. The highest BCUT2D eigenvalue weighted by Gasteiger charge is 2.43. The van der Waals surface area contributed by atoms with Gasteiger partial charge in [0.05, 0.1) is 25.5 Å². The number of carbonyl (C=O) groups is 2. The first kappa shape index (κ1) is 21.9. The molecule has 6 heteroatoms. The van der Waals surface area contributed by atoms with Crippen LogP contribution in [0, 0.1) is 5.92 Å². The Morgan fingerprint density at radius 2 is 1.69 bits per heavy atom. The van der Waals surface area contributed by atoms with Crippen LogP contribution >= 0.6 is 0 Å². The lowest BCUT2D eigenvalue weighted by Crippen LogP contribution is -2.39. The number of nitrogens with zero attached hydrogens (tertiary/aromatic N) is 2. The number of methoxy groups -OCH3 is 2. The van der Waals surface area contributed by atoms with E-state index in [0.717, 1.165) is 37.9 Å². The molecule has 0 radical (unpaired) electrons. The van der Waals surface area contributed by atoms with Crippen LogP contribution < -0.4 is 14.4 Å². The van der Waals surface area contributed by atoms with Crippen molar-refractivity contribution in [2.45, 2.75) is 33.1 Å². The Morgan fingerprint density at radius 3 is 2.31 bits per heavy atom. The number of imide groups is 1. The minimum absolute atomic E-state index is 0.266. The predicted molar refractivity (Wildman–Crippen MR) is 125 cm³/mol. The maximum absolute atomic E-state index is 13.7. The topological polar surface area (TPSA) is 59.1 Å². The Balaban J connectivity index is 1.83. The Labute approximate surface area is 189 Å². The highest BCUT2D eigenvalue weighted by Crippen LogP contribution is 2.39. The molecule has 0 aliphatic carbocycles. The molecule has 2 heterocycles. The molecule has 1 fully saturated rings. The van der Waals surface area contributed by atoms with E-state index < -0.39 is 0 Å². The van der Waals surface area contributed by atoms with Crippen molar-refractivity contribution in [3.05, 3.63) is 59.3 Å². The van der Waals surface area contributed by atoms with E-state index in [1.807, 2.05) is 30.3 Å². The van der Waals surface area contributed by atoms with Crippen LogP contribution in [-0.2, 0) is 16.0 Å². The molecule has 168 valence electrons. The first-order valence-electron chi connectivity index (χ1n) is 11.2. The Kier molecular flexibility index (Phi) is 6.21. The molecule has 0 spiro atoms. The van der Waals surface area contributed by atoms with Gasteiger partial charge in [-0.05, 0) is 60.6 Å². The fourth-order valence-electron chi connectivity index (χ4n) is 4.57. The second-order valence-corrected chi connectivity index (χ2v) is 8.45. The number of hydrogen-bond acceptors (Lipinski definition) is 5. The van der Waals surface area contributed by atoms with Gasteiger partial charge in [-0.3, -0.25) is 9.59 Å². The number of aryl methyl sites for hydroxylation is 1. The van der Waals surface area contributed by atoms with Gasteiger partial charge in [-0.15, -0.1) is 0 Å². The van der Waals surface area contributed by atoms with Crippen molar-refractivity contribution >= 4 is 23.1 Å². The van der Waals surface area contributed by atoms with Crippen LogP contribution in [0.25, 0.3) is 5.57 Å². The lowest BCUT2D eigenvalue weighted by atomic mass is 9.97. The summed E-state index contributed by atoms with van der Waals surface area (Å²) in [5, 5.41) is 0. The lowest BCUT2D eigenvalue weighted by molar-refractivity contribution is -0.120. The Bertz CT molecular complexity index is 1060. The molecule has 6 nitrogen and oxygen atoms in total. The van der Waals surface area contributed by atoms with Crippen LogP contribution in [0.15, 0.2) is 48.2 Å². The third kappa shape index (κ3) is 3.85. The molecule has 4 rings (SSSR count). The van der Waals surface area contributed by atoms with Gasteiger partial charge in [-0.2, -0.15) is 0 Å². The van der Waals surface area contributed by atoms with E-state index in [1.165, 1.54) is 4.90 Å². The molecule has 0 aromatic heterocycles. The average Bonchev–Trinajstić information content (AvgIpc) is 3.08. The third-order valence-electron chi connectivity index (χ3n) is 6.31. The molecule has 0 bridgehead atoms. The normalized spacial score (nSPS) is 19.1. The van der Waals surface area contributed by atoms with Crippen molar-refractivity contribution in [3.63, 3.8) is 0 Å². The molecule has 1 saturated heterocycles. The molecule has 2 aromatic carbocycles. The molecule has 2 aliphatic rings. The summed E-state index contributed by atoms with van der Waals surface area (Å²) in [4.78, 5) is 30.8. The second-order valence-electron chi connectivity index (χ2n) is 8.45. The number of carbonyl (C=O) groups excluding carboxylic acids is 2. The minimum Gasteiger partial charge on any atom is -0.493 e. The van der Waals surface area contributed by atoms with Gasteiger partial charge >= 0.3 is 0 Å². The van der Waals surface area contributed by atoms with Gasteiger partial charge in [0, 0.05) is 13.1 Å². The van der Waals surface area contributed by atoms with Crippen molar-refractivity contribution in [3.8, 4) is 11.5 Å². The SMILES string of the molecule is CCc1ccc(N2C(=O)C(c3ccc(OC)c(OC)c3)=C(N3CCCC(C)C3)C2=O)cc1. The van der Waals surface area contributed by atoms with E-state index in [0.29, 0.717) is 39.9 Å². The van der Waals surface area contributed by atoms with Crippen LogP contribution in [0.5, 0.6) is 11.5 Å². The molecule has 1 atom stereocenters. The second kappa shape index (κ2) is 9.07. The van der Waals surface area contributed by atoms with Crippen molar-refractivity contribution < 1.29 is 19.1 Å². The lowest BCUT2D eigenvalue weighted by Gasteiger charge is -2.33. The molecular formula is C26H30N2O4. The van der Waals surface area contributed by atoms with E-state index >= 15 is 0 Å². The van der Waals surface area contributed by atoms with Crippen molar-refractivity contribution in [1.29, 1.82) is 0 Å². The zero-order valence-corrected chi connectivity index (χ0v) is 19.2. The third-order valence-corrected chi connectivity index (χ3v) is 6.31. The van der Waals surface area contributed by atoms with Gasteiger partial charge in [-0.25, -0.2) is 4.90 Å². The smallest absolute Gasteiger partial charge is 0.282 e. The van der Waals surface area contributed by atoms with Crippen LogP contribution in [0.2, 0.25) is 0 Å². The highest BCUT2D eigenvalue weighted by molar-refractivity contribution is 6.45. The number of piperidine rings is 1. The summed E-state index contributed by atoms with van der Waals surface area (Å²) in [6.45, 7) is 5.78. The monoisotopic (exact) mass is 434 g/mol. The molecule has 0 N–H and O–H groups in total. The molecular weight excluding hydrogens is 404 g/mol. The van der Waals surface area contributed by atoms with Gasteiger partial charge in [0.15, 0.2) is 11.5 Å². The minimum atomic E-state index is -0.306. The van der Waals surface area contributed by atoms with E-state index in [1.54, 1.807) is 26.4 Å². The first-order valence-corrected chi connectivity index (χ1v) is 11.2. The summed E-state index contributed by atoms with van der Waals surface area (Å²) in [6, 6.07) is 13.0. The summed E-state index contributed by atoms with van der Waals surface area (Å²) >= 11 is 0. The zero-order chi connectivity index (χ0) is 22.8. The van der Waals surface area contributed by atoms with Gasteiger partial charge < -0.3 is 14.4 Å². The van der Waals surface area contributed by atoms with Crippen molar-refractivity contribution in [2.24, 2.45) is 5.92 Å². The van der Waals surface area contributed by atoms with Crippen LogP contribution in [-0.4, -0.2) is 44.0 Å². The Morgan fingerprint density at radius 1 is 0.969 bits per heavy atom. The summed E-state index contributed by atoms with van der Waals surface area (Å²) < 4.78 is 10.8. The van der Waals surface area contributed by atoms with Gasteiger partial charge in [0.2, 0.25) is 0 Å². The largest absolute Gasteiger partial charge is 0.493 e. The maximum Gasteiger partial charge on any atom is 0.282 e. The van der Waals surface area contributed by atoms with E-state index in [9.17, 15) is 9.59 Å². The van der Waals surface area contributed by atoms with Crippen LogP contribution in [0.3, 0.4) is 0 Å². The van der Waals surface area contributed by atoms with Gasteiger partial charge in [-0.1, -0.05) is 32.0 Å².